The summed E-state index contributed by atoms with van der Waals surface area (Å²) < 4.78 is 5.12. The van der Waals surface area contributed by atoms with Crippen molar-refractivity contribution in [1.82, 2.24) is 25.4 Å². The largest absolute Gasteiger partial charge is 0.361 e. The number of benzene rings is 1. The minimum Gasteiger partial charge on any atom is -0.361 e. The monoisotopic (exact) mass is 255 g/mol. The molecule has 0 unspecified atom stereocenters. The lowest BCUT2D eigenvalue weighted by atomic mass is 10.2. The standard InChI is InChI=1S/C13H13N5O/c1-9-12(10(2)19-16-9)8-18-15-13(14-17-18)11-6-4-3-5-7-11/h3-7H,8H2,1-2H3. The lowest BCUT2D eigenvalue weighted by molar-refractivity contribution is 0.391. The summed E-state index contributed by atoms with van der Waals surface area (Å²) in [6.07, 6.45) is 0. The van der Waals surface area contributed by atoms with Crippen LogP contribution in [0.3, 0.4) is 0 Å². The van der Waals surface area contributed by atoms with E-state index in [9.17, 15) is 0 Å². The molecule has 1 aromatic carbocycles. The van der Waals surface area contributed by atoms with Gasteiger partial charge < -0.3 is 4.52 Å². The first-order valence-electron chi connectivity index (χ1n) is 5.99. The molecule has 0 N–H and O–H groups in total. The van der Waals surface area contributed by atoms with Crippen LogP contribution in [0, 0.1) is 13.8 Å². The van der Waals surface area contributed by atoms with Gasteiger partial charge in [-0.15, -0.1) is 10.2 Å². The Balaban J connectivity index is 1.87. The molecule has 0 bridgehead atoms. The Labute approximate surface area is 110 Å². The number of nitrogens with zero attached hydrogens (tertiary/aromatic N) is 5. The molecular weight excluding hydrogens is 242 g/mol. The topological polar surface area (TPSA) is 69.6 Å². The zero-order valence-electron chi connectivity index (χ0n) is 10.7. The Bertz CT molecular complexity index is 667. The summed E-state index contributed by atoms with van der Waals surface area (Å²) in [7, 11) is 0. The van der Waals surface area contributed by atoms with Crippen molar-refractivity contribution in [3.05, 3.63) is 47.3 Å². The van der Waals surface area contributed by atoms with Gasteiger partial charge in [-0.2, -0.15) is 4.80 Å². The quantitative estimate of drug-likeness (QED) is 0.715. The molecule has 0 radical (unpaired) electrons. The summed E-state index contributed by atoms with van der Waals surface area (Å²) in [5.41, 5.74) is 2.81. The maximum atomic E-state index is 5.12. The first-order valence-corrected chi connectivity index (χ1v) is 5.99. The molecule has 0 amide bonds. The van der Waals surface area contributed by atoms with Gasteiger partial charge in [-0.3, -0.25) is 0 Å². The fourth-order valence-corrected chi connectivity index (χ4v) is 1.88. The van der Waals surface area contributed by atoms with Gasteiger partial charge in [-0.1, -0.05) is 35.5 Å². The van der Waals surface area contributed by atoms with E-state index < -0.39 is 0 Å². The van der Waals surface area contributed by atoms with Crippen LogP contribution in [0.2, 0.25) is 0 Å². The summed E-state index contributed by atoms with van der Waals surface area (Å²) >= 11 is 0. The summed E-state index contributed by atoms with van der Waals surface area (Å²) in [6.45, 7) is 4.30. The number of aryl methyl sites for hydroxylation is 2. The highest BCUT2D eigenvalue weighted by Gasteiger charge is 2.12. The van der Waals surface area contributed by atoms with E-state index in [1.54, 1.807) is 4.80 Å². The lowest BCUT2D eigenvalue weighted by Crippen LogP contribution is -2.05. The van der Waals surface area contributed by atoms with Crippen molar-refractivity contribution in [1.29, 1.82) is 0 Å². The average Bonchev–Trinajstić information content (AvgIpc) is 3.02. The molecule has 0 fully saturated rings. The van der Waals surface area contributed by atoms with Crippen molar-refractivity contribution in [2.75, 3.05) is 0 Å². The third-order valence-corrected chi connectivity index (χ3v) is 2.97. The molecule has 0 aliphatic carbocycles. The molecule has 6 heteroatoms. The second kappa shape index (κ2) is 4.64. The van der Waals surface area contributed by atoms with Crippen molar-refractivity contribution >= 4 is 0 Å². The van der Waals surface area contributed by atoms with Gasteiger partial charge >= 0.3 is 0 Å². The molecule has 2 heterocycles. The van der Waals surface area contributed by atoms with Gasteiger partial charge in [-0.25, -0.2) is 0 Å². The number of hydrogen-bond acceptors (Lipinski definition) is 5. The predicted molar refractivity (Wildman–Crippen MR) is 68.3 cm³/mol. The SMILES string of the molecule is Cc1noc(C)c1Cn1nnc(-c2ccccc2)n1. The Morgan fingerprint density at radius 1 is 1.16 bits per heavy atom. The Hall–Kier alpha value is -2.50. The maximum Gasteiger partial charge on any atom is 0.204 e. The van der Waals surface area contributed by atoms with Crippen LogP contribution in [0.25, 0.3) is 11.4 Å². The van der Waals surface area contributed by atoms with E-state index in [-0.39, 0.29) is 0 Å². The van der Waals surface area contributed by atoms with Crippen LogP contribution in [0.4, 0.5) is 0 Å². The van der Waals surface area contributed by atoms with Crippen LogP contribution in [-0.2, 0) is 6.54 Å². The smallest absolute Gasteiger partial charge is 0.204 e. The summed E-state index contributed by atoms with van der Waals surface area (Å²) in [5.74, 6) is 1.41. The molecule has 0 atom stereocenters. The fraction of sp³-hybridized carbons (Fsp3) is 0.231. The third-order valence-electron chi connectivity index (χ3n) is 2.97. The van der Waals surface area contributed by atoms with Crippen molar-refractivity contribution in [2.45, 2.75) is 20.4 Å². The van der Waals surface area contributed by atoms with Crippen molar-refractivity contribution in [3.8, 4) is 11.4 Å². The van der Waals surface area contributed by atoms with E-state index >= 15 is 0 Å². The van der Waals surface area contributed by atoms with Crippen LogP contribution < -0.4 is 0 Å². The normalized spacial score (nSPS) is 10.8. The van der Waals surface area contributed by atoms with E-state index in [1.165, 1.54) is 0 Å². The molecular formula is C13H13N5O. The van der Waals surface area contributed by atoms with E-state index in [4.69, 9.17) is 4.52 Å². The van der Waals surface area contributed by atoms with Crippen LogP contribution in [0.1, 0.15) is 17.0 Å². The van der Waals surface area contributed by atoms with Crippen molar-refractivity contribution < 1.29 is 4.52 Å². The van der Waals surface area contributed by atoms with Gasteiger partial charge in [0.05, 0.1) is 12.2 Å². The third kappa shape index (κ3) is 2.24. The molecule has 0 spiro atoms. The van der Waals surface area contributed by atoms with Crippen molar-refractivity contribution in [2.24, 2.45) is 0 Å². The summed E-state index contributed by atoms with van der Waals surface area (Å²) in [4.78, 5) is 1.55. The highest BCUT2D eigenvalue weighted by molar-refractivity contribution is 5.52. The van der Waals surface area contributed by atoms with Crippen LogP contribution >= 0.6 is 0 Å². The Kier molecular flexibility index (Phi) is 2.83. The van der Waals surface area contributed by atoms with E-state index in [2.05, 4.69) is 20.6 Å². The minimum atomic E-state index is 0.515. The van der Waals surface area contributed by atoms with E-state index in [0.717, 1.165) is 22.6 Å². The molecule has 0 aliphatic heterocycles. The highest BCUT2D eigenvalue weighted by Crippen LogP contribution is 2.15. The minimum absolute atomic E-state index is 0.515. The Morgan fingerprint density at radius 2 is 1.95 bits per heavy atom. The fourth-order valence-electron chi connectivity index (χ4n) is 1.88. The van der Waals surface area contributed by atoms with Gasteiger partial charge in [0.15, 0.2) is 0 Å². The zero-order chi connectivity index (χ0) is 13.2. The van der Waals surface area contributed by atoms with E-state index in [1.807, 2.05) is 44.2 Å². The Morgan fingerprint density at radius 3 is 2.63 bits per heavy atom. The lowest BCUT2D eigenvalue weighted by Gasteiger charge is -1.97. The van der Waals surface area contributed by atoms with Crippen LogP contribution in [0.5, 0.6) is 0 Å². The summed E-state index contributed by atoms with van der Waals surface area (Å²) in [6, 6.07) is 9.76. The molecule has 3 aromatic rings. The van der Waals surface area contributed by atoms with Gasteiger partial charge in [0.1, 0.15) is 5.76 Å². The first-order chi connectivity index (χ1) is 9.24. The predicted octanol–water partition coefficient (Wildman–Crippen LogP) is 1.99. The average molecular weight is 255 g/mol. The van der Waals surface area contributed by atoms with Crippen LogP contribution in [-0.4, -0.2) is 25.4 Å². The van der Waals surface area contributed by atoms with Gasteiger partial charge in [0.2, 0.25) is 5.82 Å². The zero-order valence-corrected chi connectivity index (χ0v) is 10.7. The van der Waals surface area contributed by atoms with Crippen LogP contribution in [0.15, 0.2) is 34.9 Å². The molecule has 96 valence electrons. The van der Waals surface area contributed by atoms with E-state index in [0.29, 0.717) is 12.4 Å². The molecule has 0 saturated carbocycles. The second-order valence-electron chi connectivity index (χ2n) is 4.31. The highest BCUT2D eigenvalue weighted by atomic mass is 16.5. The van der Waals surface area contributed by atoms with Gasteiger partial charge in [0.25, 0.3) is 0 Å². The molecule has 0 saturated heterocycles. The number of aromatic nitrogens is 5. The molecule has 0 aliphatic rings. The molecule has 2 aromatic heterocycles. The first kappa shape index (κ1) is 11.6. The second-order valence-corrected chi connectivity index (χ2v) is 4.31. The van der Waals surface area contributed by atoms with Gasteiger partial charge in [-0.05, 0) is 19.1 Å². The molecule has 3 rings (SSSR count). The number of tetrazole rings is 1. The molecule has 19 heavy (non-hydrogen) atoms. The van der Waals surface area contributed by atoms with Crippen molar-refractivity contribution in [3.63, 3.8) is 0 Å². The summed E-state index contributed by atoms with van der Waals surface area (Å²) in [5, 5.41) is 16.4. The number of hydrogen-bond donors (Lipinski definition) is 0. The van der Waals surface area contributed by atoms with Gasteiger partial charge in [0, 0.05) is 11.1 Å². The maximum absolute atomic E-state index is 5.12. The molecule has 6 nitrogen and oxygen atoms in total. The number of rotatable bonds is 3.